The average molecular weight is 254 g/mol. The fourth-order valence-electron chi connectivity index (χ4n) is 1.26. The van der Waals surface area contributed by atoms with Crippen molar-refractivity contribution in [2.75, 3.05) is 13.1 Å². The van der Waals surface area contributed by atoms with E-state index in [-0.39, 0.29) is 18.4 Å². The zero-order chi connectivity index (χ0) is 13.3. The SMILES string of the molecule is CCCNC(=O)C(C)NCCCCC(F)(F)F. The Morgan fingerprint density at radius 1 is 1.24 bits per heavy atom. The molecule has 0 heterocycles. The second-order valence-electron chi connectivity index (χ2n) is 4.04. The van der Waals surface area contributed by atoms with Crippen LogP contribution in [-0.2, 0) is 4.79 Å². The summed E-state index contributed by atoms with van der Waals surface area (Å²) in [5.41, 5.74) is 0. The van der Waals surface area contributed by atoms with Gasteiger partial charge < -0.3 is 10.6 Å². The number of alkyl halides is 3. The molecule has 0 aliphatic carbocycles. The van der Waals surface area contributed by atoms with Gasteiger partial charge in [0.2, 0.25) is 5.91 Å². The van der Waals surface area contributed by atoms with E-state index in [0.29, 0.717) is 19.5 Å². The van der Waals surface area contributed by atoms with Gasteiger partial charge in [0.15, 0.2) is 0 Å². The van der Waals surface area contributed by atoms with E-state index in [2.05, 4.69) is 10.6 Å². The first kappa shape index (κ1) is 16.2. The predicted molar refractivity (Wildman–Crippen MR) is 60.7 cm³/mol. The average Bonchev–Trinajstić information content (AvgIpc) is 2.23. The summed E-state index contributed by atoms with van der Waals surface area (Å²) >= 11 is 0. The van der Waals surface area contributed by atoms with Crippen molar-refractivity contribution in [3.05, 3.63) is 0 Å². The van der Waals surface area contributed by atoms with E-state index < -0.39 is 12.6 Å². The highest BCUT2D eigenvalue weighted by molar-refractivity contribution is 5.81. The lowest BCUT2D eigenvalue weighted by Gasteiger charge is -2.13. The van der Waals surface area contributed by atoms with Gasteiger partial charge in [0.25, 0.3) is 0 Å². The van der Waals surface area contributed by atoms with Crippen molar-refractivity contribution >= 4 is 5.91 Å². The third-order valence-corrected chi connectivity index (χ3v) is 2.28. The Morgan fingerprint density at radius 2 is 1.88 bits per heavy atom. The van der Waals surface area contributed by atoms with Crippen molar-refractivity contribution in [2.24, 2.45) is 0 Å². The molecule has 0 bridgehead atoms. The maximum Gasteiger partial charge on any atom is 0.389 e. The normalized spacial score (nSPS) is 13.5. The highest BCUT2D eigenvalue weighted by atomic mass is 19.4. The Labute approximate surface area is 100 Å². The topological polar surface area (TPSA) is 41.1 Å². The lowest BCUT2D eigenvalue weighted by atomic mass is 10.2. The van der Waals surface area contributed by atoms with Crippen molar-refractivity contribution in [1.82, 2.24) is 10.6 Å². The van der Waals surface area contributed by atoms with Crippen LogP contribution < -0.4 is 10.6 Å². The molecule has 0 spiro atoms. The zero-order valence-electron chi connectivity index (χ0n) is 10.4. The van der Waals surface area contributed by atoms with Gasteiger partial charge >= 0.3 is 6.18 Å². The van der Waals surface area contributed by atoms with E-state index in [1.807, 2.05) is 6.92 Å². The molecule has 3 nitrogen and oxygen atoms in total. The molecular weight excluding hydrogens is 233 g/mol. The largest absolute Gasteiger partial charge is 0.389 e. The number of rotatable bonds is 8. The lowest BCUT2D eigenvalue weighted by molar-refractivity contribution is -0.135. The quantitative estimate of drug-likeness (QED) is 0.652. The van der Waals surface area contributed by atoms with Crippen LogP contribution in [-0.4, -0.2) is 31.2 Å². The summed E-state index contributed by atoms with van der Waals surface area (Å²) in [6.07, 6.45) is -3.45. The number of carbonyl (C=O) groups excluding carboxylic acids is 1. The molecule has 0 aromatic carbocycles. The predicted octanol–water partition coefficient (Wildman–Crippen LogP) is 2.22. The van der Waals surface area contributed by atoms with Crippen LogP contribution in [0, 0.1) is 0 Å². The van der Waals surface area contributed by atoms with Gasteiger partial charge in [-0.15, -0.1) is 0 Å². The van der Waals surface area contributed by atoms with Crippen LogP contribution in [0.3, 0.4) is 0 Å². The van der Waals surface area contributed by atoms with Crippen molar-refractivity contribution in [3.63, 3.8) is 0 Å². The van der Waals surface area contributed by atoms with Crippen molar-refractivity contribution in [2.45, 2.75) is 51.7 Å². The second-order valence-corrected chi connectivity index (χ2v) is 4.04. The maximum absolute atomic E-state index is 11.8. The van der Waals surface area contributed by atoms with Crippen LogP contribution in [0.2, 0.25) is 0 Å². The van der Waals surface area contributed by atoms with Gasteiger partial charge in [-0.05, 0) is 32.7 Å². The third kappa shape index (κ3) is 10.1. The van der Waals surface area contributed by atoms with Crippen LogP contribution in [0.1, 0.15) is 39.5 Å². The summed E-state index contributed by atoms with van der Waals surface area (Å²) in [4.78, 5) is 11.4. The summed E-state index contributed by atoms with van der Waals surface area (Å²) < 4.78 is 35.5. The number of halogens is 3. The van der Waals surface area contributed by atoms with Gasteiger partial charge in [-0.3, -0.25) is 4.79 Å². The van der Waals surface area contributed by atoms with E-state index in [1.54, 1.807) is 6.92 Å². The highest BCUT2D eigenvalue weighted by Gasteiger charge is 2.25. The summed E-state index contributed by atoms with van der Waals surface area (Å²) in [6.45, 7) is 4.71. The van der Waals surface area contributed by atoms with Gasteiger partial charge in [0.05, 0.1) is 6.04 Å². The Balaban J connectivity index is 3.51. The third-order valence-electron chi connectivity index (χ3n) is 2.28. The molecule has 0 radical (unpaired) electrons. The molecule has 2 N–H and O–H groups in total. The minimum absolute atomic E-state index is 0.0970. The Morgan fingerprint density at radius 3 is 2.41 bits per heavy atom. The van der Waals surface area contributed by atoms with E-state index in [0.717, 1.165) is 6.42 Å². The first-order valence-electron chi connectivity index (χ1n) is 5.94. The van der Waals surface area contributed by atoms with E-state index in [9.17, 15) is 18.0 Å². The molecular formula is C11H21F3N2O. The summed E-state index contributed by atoms with van der Waals surface area (Å²) in [6, 6.07) is -0.354. The van der Waals surface area contributed by atoms with E-state index >= 15 is 0 Å². The van der Waals surface area contributed by atoms with Gasteiger partial charge in [-0.25, -0.2) is 0 Å². The number of nitrogens with one attached hydrogen (secondary N) is 2. The lowest BCUT2D eigenvalue weighted by Crippen LogP contribution is -2.42. The molecule has 1 atom stereocenters. The molecule has 0 saturated heterocycles. The molecule has 0 aromatic heterocycles. The maximum atomic E-state index is 11.8. The molecule has 0 aliphatic rings. The fraction of sp³-hybridized carbons (Fsp3) is 0.909. The monoisotopic (exact) mass is 254 g/mol. The number of amides is 1. The van der Waals surface area contributed by atoms with Gasteiger partial charge in [0, 0.05) is 13.0 Å². The van der Waals surface area contributed by atoms with Gasteiger partial charge in [-0.1, -0.05) is 6.92 Å². The van der Waals surface area contributed by atoms with Crippen LogP contribution >= 0.6 is 0 Å². The van der Waals surface area contributed by atoms with Crippen molar-refractivity contribution < 1.29 is 18.0 Å². The van der Waals surface area contributed by atoms with E-state index in [1.165, 1.54) is 0 Å². The minimum atomic E-state index is -4.08. The first-order chi connectivity index (χ1) is 7.87. The van der Waals surface area contributed by atoms with Crippen LogP contribution in [0.25, 0.3) is 0 Å². The molecule has 1 unspecified atom stereocenters. The molecule has 0 aliphatic heterocycles. The van der Waals surface area contributed by atoms with Gasteiger partial charge in [0.1, 0.15) is 0 Å². The second kappa shape index (κ2) is 8.33. The molecule has 0 saturated carbocycles. The number of hydrogen-bond donors (Lipinski definition) is 2. The number of carbonyl (C=O) groups is 1. The van der Waals surface area contributed by atoms with Gasteiger partial charge in [-0.2, -0.15) is 13.2 Å². The zero-order valence-corrected chi connectivity index (χ0v) is 10.4. The van der Waals surface area contributed by atoms with Crippen LogP contribution in [0.5, 0.6) is 0 Å². The summed E-state index contributed by atoms with van der Waals surface area (Å²) in [5, 5.41) is 5.61. The first-order valence-corrected chi connectivity index (χ1v) is 5.94. The number of unbranched alkanes of at least 4 members (excludes halogenated alkanes) is 1. The van der Waals surface area contributed by atoms with Crippen LogP contribution in [0.4, 0.5) is 13.2 Å². The van der Waals surface area contributed by atoms with Crippen LogP contribution in [0.15, 0.2) is 0 Å². The molecule has 0 aromatic rings. The molecule has 0 rings (SSSR count). The fourth-order valence-corrected chi connectivity index (χ4v) is 1.26. The smallest absolute Gasteiger partial charge is 0.355 e. The van der Waals surface area contributed by atoms with Crippen molar-refractivity contribution in [1.29, 1.82) is 0 Å². The molecule has 6 heteroatoms. The molecule has 102 valence electrons. The minimum Gasteiger partial charge on any atom is -0.355 e. The highest BCUT2D eigenvalue weighted by Crippen LogP contribution is 2.21. The van der Waals surface area contributed by atoms with E-state index in [4.69, 9.17) is 0 Å². The molecule has 1 amide bonds. The molecule has 17 heavy (non-hydrogen) atoms. The Bertz CT molecular complexity index is 219. The standard InChI is InChI=1S/C11H21F3N2O/c1-3-7-16-10(17)9(2)15-8-5-4-6-11(12,13)14/h9,15H,3-8H2,1-2H3,(H,16,17). The summed E-state index contributed by atoms with van der Waals surface area (Å²) in [5.74, 6) is -0.109. The number of hydrogen-bond acceptors (Lipinski definition) is 2. The Kier molecular flexibility index (Phi) is 7.95. The van der Waals surface area contributed by atoms with Crippen molar-refractivity contribution in [3.8, 4) is 0 Å². The summed E-state index contributed by atoms with van der Waals surface area (Å²) in [7, 11) is 0. The Hall–Kier alpha value is -0.780. The molecule has 0 fully saturated rings.